The zero-order valence-electron chi connectivity index (χ0n) is 10.0. The monoisotopic (exact) mass is 285 g/mol. The molecule has 2 aromatic rings. The summed E-state index contributed by atoms with van der Waals surface area (Å²) in [5.41, 5.74) is 0.718. The maximum Gasteiger partial charge on any atom is 0.257 e. The Morgan fingerprint density at radius 2 is 2.05 bits per heavy atom. The molecular formula is C12H13ClFN3O2. The van der Waals surface area contributed by atoms with E-state index in [1.54, 1.807) is 12.1 Å². The SMILES string of the molecule is Cl.Fc1ccc(-c2noc(C3CNCCO3)n2)cc1. The number of morpholine rings is 1. The molecule has 5 nitrogen and oxygen atoms in total. The van der Waals surface area contributed by atoms with Gasteiger partial charge in [-0.15, -0.1) is 12.4 Å². The van der Waals surface area contributed by atoms with Gasteiger partial charge in [0.15, 0.2) is 0 Å². The van der Waals surface area contributed by atoms with E-state index in [-0.39, 0.29) is 24.3 Å². The van der Waals surface area contributed by atoms with Crippen molar-refractivity contribution in [2.75, 3.05) is 19.7 Å². The first-order valence-corrected chi connectivity index (χ1v) is 5.75. The highest BCUT2D eigenvalue weighted by Gasteiger charge is 2.22. The molecule has 1 aliphatic heterocycles. The third-order valence-corrected chi connectivity index (χ3v) is 2.75. The van der Waals surface area contributed by atoms with E-state index in [1.807, 2.05) is 0 Å². The second-order valence-corrected chi connectivity index (χ2v) is 4.03. The first-order chi connectivity index (χ1) is 8.83. The number of halogens is 2. The minimum absolute atomic E-state index is 0. The molecule has 0 bridgehead atoms. The lowest BCUT2D eigenvalue weighted by Crippen LogP contribution is -2.33. The largest absolute Gasteiger partial charge is 0.366 e. The highest BCUT2D eigenvalue weighted by atomic mass is 35.5. The Morgan fingerprint density at radius 3 is 2.74 bits per heavy atom. The van der Waals surface area contributed by atoms with Crippen LogP contribution in [0.4, 0.5) is 4.39 Å². The fourth-order valence-electron chi connectivity index (χ4n) is 1.81. The summed E-state index contributed by atoms with van der Waals surface area (Å²) in [5.74, 6) is 0.600. The summed E-state index contributed by atoms with van der Waals surface area (Å²) in [6.45, 7) is 2.11. The number of nitrogens with zero attached hydrogens (tertiary/aromatic N) is 2. The van der Waals surface area contributed by atoms with Crippen molar-refractivity contribution in [1.29, 1.82) is 0 Å². The van der Waals surface area contributed by atoms with Crippen molar-refractivity contribution >= 4 is 12.4 Å². The lowest BCUT2D eigenvalue weighted by Gasteiger charge is -2.19. The standard InChI is InChI=1S/C12H12FN3O2.ClH/c13-9-3-1-8(2-4-9)11-15-12(18-16-11)10-7-14-5-6-17-10;/h1-4,10,14H,5-7H2;1H. The van der Waals surface area contributed by atoms with Crippen LogP contribution in [0.1, 0.15) is 12.0 Å². The topological polar surface area (TPSA) is 60.2 Å². The van der Waals surface area contributed by atoms with Crippen molar-refractivity contribution in [3.8, 4) is 11.4 Å². The van der Waals surface area contributed by atoms with Gasteiger partial charge < -0.3 is 14.6 Å². The maximum absolute atomic E-state index is 12.8. The normalized spacial score (nSPS) is 18.9. The lowest BCUT2D eigenvalue weighted by atomic mass is 10.2. The average Bonchev–Trinajstić information content (AvgIpc) is 2.90. The van der Waals surface area contributed by atoms with Crippen molar-refractivity contribution in [2.24, 2.45) is 0 Å². The zero-order valence-corrected chi connectivity index (χ0v) is 10.8. The molecule has 3 rings (SSSR count). The number of hydrogen-bond acceptors (Lipinski definition) is 5. The minimum atomic E-state index is -0.290. The van der Waals surface area contributed by atoms with Crippen LogP contribution in [0, 0.1) is 5.82 Å². The summed E-state index contributed by atoms with van der Waals surface area (Å²) >= 11 is 0. The van der Waals surface area contributed by atoms with Crippen molar-refractivity contribution in [1.82, 2.24) is 15.5 Å². The Kier molecular flexibility index (Phi) is 4.47. The van der Waals surface area contributed by atoms with Crippen LogP contribution in [0.2, 0.25) is 0 Å². The maximum atomic E-state index is 12.8. The van der Waals surface area contributed by atoms with Gasteiger partial charge in [-0.05, 0) is 24.3 Å². The van der Waals surface area contributed by atoms with Gasteiger partial charge in [-0.25, -0.2) is 4.39 Å². The molecule has 1 saturated heterocycles. The Balaban J connectivity index is 0.00000133. The fraction of sp³-hybridized carbons (Fsp3) is 0.333. The summed E-state index contributed by atoms with van der Waals surface area (Å²) < 4.78 is 23.5. The highest BCUT2D eigenvalue weighted by molar-refractivity contribution is 5.85. The van der Waals surface area contributed by atoms with E-state index in [1.165, 1.54) is 12.1 Å². The number of hydrogen-bond donors (Lipinski definition) is 1. The Bertz CT molecular complexity index is 526. The molecule has 1 N–H and O–H groups in total. The number of benzene rings is 1. The van der Waals surface area contributed by atoms with Gasteiger partial charge in [0.25, 0.3) is 5.89 Å². The molecule has 2 heterocycles. The average molecular weight is 286 g/mol. The molecule has 0 aliphatic carbocycles. The molecule has 1 atom stereocenters. The van der Waals surface area contributed by atoms with E-state index < -0.39 is 0 Å². The van der Waals surface area contributed by atoms with Gasteiger partial charge >= 0.3 is 0 Å². The quantitative estimate of drug-likeness (QED) is 0.914. The van der Waals surface area contributed by atoms with E-state index in [2.05, 4.69) is 15.5 Å². The molecule has 1 aromatic carbocycles. The molecule has 0 spiro atoms. The van der Waals surface area contributed by atoms with E-state index in [0.29, 0.717) is 24.9 Å². The molecule has 1 unspecified atom stereocenters. The minimum Gasteiger partial charge on any atom is -0.366 e. The van der Waals surface area contributed by atoms with Crippen LogP contribution in [0.15, 0.2) is 28.8 Å². The molecule has 102 valence electrons. The molecule has 19 heavy (non-hydrogen) atoms. The van der Waals surface area contributed by atoms with Crippen molar-refractivity contribution in [3.63, 3.8) is 0 Å². The predicted molar refractivity (Wildman–Crippen MR) is 68.5 cm³/mol. The Morgan fingerprint density at radius 1 is 1.26 bits per heavy atom. The third kappa shape index (κ3) is 3.09. The molecule has 1 aromatic heterocycles. The molecule has 0 amide bonds. The second-order valence-electron chi connectivity index (χ2n) is 4.03. The first-order valence-electron chi connectivity index (χ1n) is 5.75. The fourth-order valence-corrected chi connectivity index (χ4v) is 1.81. The van der Waals surface area contributed by atoms with E-state index in [9.17, 15) is 4.39 Å². The summed E-state index contributed by atoms with van der Waals surface area (Å²) in [4.78, 5) is 4.27. The van der Waals surface area contributed by atoms with Crippen LogP contribution < -0.4 is 5.32 Å². The number of nitrogens with one attached hydrogen (secondary N) is 1. The zero-order chi connectivity index (χ0) is 12.4. The third-order valence-electron chi connectivity index (χ3n) is 2.75. The van der Waals surface area contributed by atoms with Crippen LogP contribution in [-0.4, -0.2) is 29.8 Å². The second kappa shape index (κ2) is 6.10. The summed E-state index contributed by atoms with van der Waals surface area (Å²) in [5, 5.41) is 7.06. The highest BCUT2D eigenvalue weighted by Crippen LogP contribution is 2.21. The lowest BCUT2D eigenvalue weighted by molar-refractivity contribution is 0.00755. The van der Waals surface area contributed by atoms with Crippen molar-refractivity contribution < 1.29 is 13.7 Å². The number of rotatable bonds is 2. The van der Waals surface area contributed by atoms with Gasteiger partial charge in [0, 0.05) is 18.7 Å². The number of aromatic nitrogens is 2. The van der Waals surface area contributed by atoms with Gasteiger partial charge in [-0.2, -0.15) is 4.98 Å². The van der Waals surface area contributed by atoms with Crippen molar-refractivity contribution in [2.45, 2.75) is 6.10 Å². The Hall–Kier alpha value is -1.50. The first kappa shape index (κ1) is 13.9. The molecule has 1 aliphatic rings. The van der Waals surface area contributed by atoms with Gasteiger partial charge in [0.05, 0.1) is 6.61 Å². The molecular weight excluding hydrogens is 273 g/mol. The molecule has 1 fully saturated rings. The summed E-state index contributed by atoms with van der Waals surface area (Å²) in [7, 11) is 0. The summed E-state index contributed by atoms with van der Waals surface area (Å²) in [6, 6.07) is 5.96. The van der Waals surface area contributed by atoms with Gasteiger partial charge in [-0.3, -0.25) is 0 Å². The van der Waals surface area contributed by atoms with Crippen LogP contribution in [0.5, 0.6) is 0 Å². The van der Waals surface area contributed by atoms with E-state index >= 15 is 0 Å². The van der Waals surface area contributed by atoms with E-state index in [0.717, 1.165) is 12.1 Å². The molecule has 7 heteroatoms. The molecule has 0 radical (unpaired) electrons. The Labute approximate surface area is 115 Å². The van der Waals surface area contributed by atoms with Gasteiger partial charge in [0.2, 0.25) is 5.82 Å². The smallest absolute Gasteiger partial charge is 0.257 e. The predicted octanol–water partition coefficient (Wildman–Crippen LogP) is 1.96. The van der Waals surface area contributed by atoms with Crippen LogP contribution in [-0.2, 0) is 4.74 Å². The van der Waals surface area contributed by atoms with Gasteiger partial charge in [-0.1, -0.05) is 5.16 Å². The van der Waals surface area contributed by atoms with Crippen molar-refractivity contribution in [3.05, 3.63) is 36.0 Å². The van der Waals surface area contributed by atoms with Gasteiger partial charge in [0.1, 0.15) is 11.9 Å². The number of ether oxygens (including phenoxy) is 1. The van der Waals surface area contributed by atoms with Crippen LogP contribution in [0.25, 0.3) is 11.4 Å². The summed E-state index contributed by atoms with van der Waals surface area (Å²) in [6.07, 6.45) is -0.208. The van der Waals surface area contributed by atoms with E-state index in [4.69, 9.17) is 9.26 Å². The molecule has 0 saturated carbocycles. The van der Waals surface area contributed by atoms with Crippen LogP contribution in [0.3, 0.4) is 0 Å². The van der Waals surface area contributed by atoms with Crippen LogP contribution >= 0.6 is 12.4 Å².